The Bertz CT molecular complexity index is 980. The number of fused-ring (bicyclic) bond motifs is 1. The molecule has 166 valence electrons. The van der Waals surface area contributed by atoms with Crippen LogP contribution in [-0.4, -0.2) is 86.4 Å². The third kappa shape index (κ3) is 5.81. The number of rotatable bonds is 7. The summed E-state index contributed by atoms with van der Waals surface area (Å²) in [5.74, 6) is -0.0902. The highest BCUT2D eigenvalue weighted by atomic mass is 32.2. The Morgan fingerprint density at radius 1 is 1.03 bits per heavy atom. The molecule has 0 spiro atoms. The van der Waals surface area contributed by atoms with E-state index in [0.717, 1.165) is 45.7 Å². The van der Waals surface area contributed by atoms with Crippen molar-refractivity contribution in [2.45, 2.75) is 13.0 Å². The van der Waals surface area contributed by atoms with Crippen LogP contribution in [0.25, 0.3) is 0 Å². The van der Waals surface area contributed by atoms with E-state index in [-0.39, 0.29) is 17.5 Å². The van der Waals surface area contributed by atoms with Gasteiger partial charge in [-0.2, -0.15) is 0 Å². The molecule has 1 aromatic carbocycles. The fraction of sp³-hybridized carbons (Fsp3) is 0.455. The molecule has 31 heavy (non-hydrogen) atoms. The minimum absolute atomic E-state index is 0.0334. The molecule has 3 aliphatic rings. The first kappa shape index (κ1) is 21.7. The number of piperazine rings is 1. The zero-order chi connectivity index (χ0) is 21.7. The second-order valence-corrected chi connectivity index (χ2v) is 9.78. The Kier molecular flexibility index (Phi) is 6.84. The number of nitrogens with zero attached hydrogens (tertiary/aromatic N) is 4. The molecule has 1 saturated heterocycles. The quantitative estimate of drug-likeness (QED) is 0.628. The molecule has 1 aromatic rings. The first-order chi connectivity index (χ1) is 15.0. The van der Waals surface area contributed by atoms with Gasteiger partial charge in [0.05, 0.1) is 11.3 Å². The van der Waals surface area contributed by atoms with Crippen LogP contribution in [0.1, 0.15) is 12.0 Å². The van der Waals surface area contributed by atoms with Crippen LogP contribution in [0, 0.1) is 0 Å². The van der Waals surface area contributed by atoms with Gasteiger partial charge in [-0.15, -0.1) is 4.40 Å². The lowest BCUT2D eigenvalue weighted by Gasteiger charge is -2.34. The normalized spacial score (nSPS) is 21.2. The second kappa shape index (κ2) is 9.76. The van der Waals surface area contributed by atoms with Crippen LogP contribution in [0.15, 0.2) is 58.7 Å². The number of allylic oxidation sites excluding steroid dienone is 2. The van der Waals surface area contributed by atoms with Gasteiger partial charge in [-0.3, -0.25) is 9.69 Å². The zero-order valence-corrected chi connectivity index (χ0v) is 18.4. The molecule has 1 amide bonds. The van der Waals surface area contributed by atoms with Crippen LogP contribution in [0.2, 0.25) is 0 Å². The van der Waals surface area contributed by atoms with Crippen LogP contribution < -0.4 is 5.32 Å². The van der Waals surface area contributed by atoms with Gasteiger partial charge in [0.25, 0.3) is 15.9 Å². The predicted molar refractivity (Wildman–Crippen MR) is 121 cm³/mol. The third-order valence-electron chi connectivity index (χ3n) is 5.75. The topological polar surface area (TPSA) is 85.3 Å². The van der Waals surface area contributed by atoms with Gasteiger partial charge in [-0.1, -0.05) is 30.3 Å². The fourth-order valence-corrected chi connectivity index (χ4v) is 4.99. The lowest BCUT2D eigenvalue weighted by atomic mass is 10.1. The summed E-state index contributed by atoms with van der Waals surface area (Å²) in [6.45, 7) is 6.93. The monoisotopic (exact) mass is 443 g/mol. The van der Waals surface area contributed by atoms with Crippen LogP contribution in [0.4, 0.5) is 0 Å². The maximum absolute atomic E-state index is 12.6. The van der Waals surface area contributed by atoms with Gasteiger partial charge in [0.2, 0.25) is 0 Å². The molecule has 0 atom stereocenters. The van der Waals surface area contributed by atoms with Crippen molar-refractivity contribution in [1.29, 1.82) is 0 Å². The van der Waals surface area contributed by atoms with Crippen molar-refractivity contribution in [3.63, 3.8) is 0 Å². The second-order valence-electron chi connectivity index (χ2n) is 8.03. The Morgan fingerprint density at radius 2 is 1.77 bits per heavy atom. The summed E-state index contributed by atoms with van der Waals surface area (Å²) in [5.41, 5.74) is 1.65. The van der Waals surface area contributed by atoms with Crippen molar-refractivity contribution in [3.8, 4) is 0 Å². The first-order valence-corrected chi connectivity index (χ1v) is 12.4. The zero-order valence-electron chi connectivity index (χ0n) is 17.6. The van der Waals surface area contributed by atoms with E-state index in [4.69, 9.17) is 0 Å². The Hall–Kier alpha value is -2.49. The van der Waals surface area contributed by atoms with Gasteiger partial charge in [-0.25, -0.2) is 8.42 Å². The number of sulfonamides is 1. The molecular formula is C22H29N5O3S. The SMILES string of the molecule is O=C(NCCCN1CCN(Cc2ccccc2)CC1)C1=CC=CN2CCS(=O)(=O)N=C12. The van der Waals surface area contributed by atoms with Crippen LogP contribution >= 0.6 is 0 Å². The third-order valence-corrected chi connectivity index (χ3v) is 6.90. The number of amides is 1. The fourth-order valence-electron chi connectivity index (χ4n) is 4.01. The molecule has 1 N–H and O–H groups in total. The molecule has 3 heterocycles. The molecule has 4 rings (SSSR count). The van der Waals surface area contributed by atoms with Crippen molar-refractivity contribution in [2.24, 2.45) is 4.40 Å². The summed E-state index contributed by atoms with van der Waals surface area (Å²) in [6.07, 6.45) is 5.97. The van der Waals surface area contributed by atoms with Crippen molar-refractivity contribution in [3.05, 3.63) is 59.8 Å². The van der Waals surface area contributed by atoms with E-state index >= 15 is 0 Å². The van der Waals surface area contributed by atoms with E-state index in [1.54, 1.807) is 23.3 Å². The van der Waals surface area contributed by atoms with Crippen LogP contribution in [-0.2, 0) is 21.4 Å². The lowest BCUT2D eigenvalue weighted by Crippen LogP contribution is -2.46. The summed E-state index contributed by atoms with van der Waals surface area (Å²) in [5, 5.41) is 2.91. The average molecular weight is 444 g/mol. The number of amidine groups is 1. The number of hydrogen-bond acceptors (Lipinski definition) is 6. The molecule has 1 fully saturated rings. The molecule has 0 saturated carbocycles. The summed E-state index contributed by atoms with van der Waals surface area (Å²) < 4.78 is 27.5. The van der Waals surface area contributed by atoms with Crippen molar-refractivity contribution in [2.75, 3.05) is 51.6 Å². The molecule has 0 bridgehead atoms. The molecule has 0 radical (unpaired) electrons. The Balaban J connectivity index is 1.18. The highest BCUT2D eigenvalue weighted by molar-refractivity contribution is 7.90. The number of nitrogens with one attached hydrogen (secondary N) is 1. The van der Waals surface area contributed by atoms with E-state index in [1.165, 1.54) is 5.56 Å². The molecular weight excluding hydrogens is 414 g/mol. The van der Waals surface area contributed by atoms with Crippen molar-refractivity contribution >= 4 is 21.8 Å². The molecule has 3 aliphatic heterocycles. The minimum Gasteiger partial charge on any atom is -0.352 e. The van der Waals surface area contributed by atoms with E-state index in [0.29, 0.717) is 18.7 Å². The van der Waals surface area contributed by atoms with Crippen molar-refractivity contribution in [1.82, 2.24) is 20.0 Å². The van der Waals surface area contributed by atoms with E-state index < -0.39 is 10.0 Å². The van der Waals surface area contributed by atoms with Crippen molar-refractivity contribution < 1.29 is 13.2 Å². The molecule has 0 aromatic heterocycles. The van der Waals surface area contributed by atoms with E-state index in [9.17, 15) is 13.2 Å². The van der Waals surface area contributed by atoms with Gasteiger partial charge in [0, 0.05) is 52.0 Å². The van der Waals surface area contributed by atoms with Crippen LogP contribution in [0.3, 0.4) is 0 Å². The highest BCUT2D eigenvalue weighted by Gasteiger charge is 2.29. The molecule has 0 unspecified atom stereocenters. The molecule has 0 aliphatic carbocycles. The van der Waals surface area contributed by atoms with Gasteiger partial charge in [-0.05, 0) is 30.7 Å². The highest BCUT2D eigenvalue weighted by Crippen LogP contribution is 2.17. The molecule has 8 nitrogen and oxygen atoms in total. The lowest BCUT2D eigenvalue weighted by molar-refractivity contribution is -0.117. The molecule has 9 heteroatoms. The minimum atomic E-state index is -3.50. The smallest absolute Gasteiger partial charge is 0.256 e. The van der Waals surface area contributed by atoms with E-state index in [2.05, 4.69) is 43.8 Å². The Morgan fingerprint density at radius 3 is 2.55 bits per heavy atom. The van der Waals surface area contributed by atoms with E-state index in [1.807, 2.05) is 6.07 Å². The average Bonchev–Trinajstić information content (AvgIpc) is 2.77. The number of hydrogen-bond donors (Lipinski definition) is 1. The van der Waals surface area contributed by atoms with Gasteiger partial charge in [0.15, 0.2) is 5.84 Å². The summed E-state index contributed by atoms with van der Waals surface area (Å²) in [4.78, 5) is 19.2. The maximum Gasteiger partial charge on any atom is 0.256 e. The largest absolute Gasteiger partial charge is 0.352 e. The Labute approximate surface area is 184 Å². The number of benzene rings is 1. The van der Waals surface area contributed by atoms with Gasteiger partial charge < -0.3 is 15.1 Å². The van der Waals surface area contributed by atoms with Crippen LogP contribution in [0.5, 0.6) is 0 Å². The predicted octanol–water partition coefficient (Wildman–Crippen LogP) is 0.808. The maximum atomic E-state index is 12.6. The summed E-state index contributed by atoms with van der Waals surface area (Å²) in [7, 11) is -3.50. The standard InChI is InChI=1S/C22H29N5O3S/c28-22(20-8-4-11-27-16-17-31(29,30)24-21(20)27)23-9-5-10-25-12-14-26(15-13-25)18-19-6-2-1-3-7-19/h1-4,6-8,11H,5,9-10,12-18H2,(H,23,28). The summed E-state index contributed by atoms with van der Waals surface area (Å²) in [6, 6.07) is 10.5. The summed E-state index contributed by atoms with van der Waals surface area (Å²) >= 11 is 0. The van der Waals surface area contributed by atoms with Gasteiger partial charge >= 0.3 is 0 Å². The first-order valence-electron chi connectivity index (χ1n) is 10.8. The number of carbonyl (C=O) groups excluding carboxylic acids is 1. The number of carbonyl (C=O) groups is 1. The van der Waals surface area contributed by atoms with Gasteiger partial charge in [0.1, 0.15) is 0 Å².